The van der Waals surface area contributed by atoms with E-state index in [4.69, 9.17) is 21.1 Å². The topological polar surface area (TPSA) is 71.3 Å². The minimum Gasteiger partial charge on any atom is -0.493 e. The lowest BCUT2D eigenvalue weighted by molar-refractivity contribution is -0.112. The second-order valence-electron chi connectivity index (χ2n) is 6.10. The van der Waals surface area contributed by atoms with Gasteiger partial charge in [0.05, 0.1) is 13.7 Å². The molecule has 2 aromatic carbocycles. The molecule has 6 heteroatoms. The normalized spacial score (nSPS) is 10.9. The maximum Gasteiger partial charge on any atom is 0.266 e. The lowest BCUT2D eigenvalue weighted by Gasteiger charge is -2.11. The Morgan fingerprint density at radius 2 is 1.93 bits per heavy atom. The van der Waals surface area contributed by atoms with Gasteiger partial charge in [0.1, 0.15) is 11.6 Å². The van der Waals surface area contributed by atoms with E-state index in [-0.39, 0.29) is 5.57 Å². The van der Waals surface area contributed by atoms with Crippen molar-refractivity contribution in [1.29, 1.82) is 5.26 Å². The second kappa shape index (κ2) is 11.0. The fraction of sp³-hybridized carbons (Fsp3) is 0.273. The van der Waals surface area contributed by atoms with Crippen molar-refractivity contribution < 1.29 is 14.3 Å². The van der Waals surface area contributed by atoms with Crippen LogP contribution in [0.5, 0.6) is 11.5 Å². The Hall–Kier alpha value is -2.97. The van der Waals surface area contributed by atoms with E-state index in [1.54, 1.807) is 49.6 Å². The van der Waals surface area contributed by atoms with Crippen LogP contribution in [-0.4, -0.2) is 19.6 Å². The van der Waals surface area contributed by atoms with Gasteiger partial charge in [-0.15, -0.1) is 0 Å². The first-order valence-electron chi connectivity index (χ1n) is 9.07. The fourth-order valence-electron chi connectivity index (χ4n) is 2.47. The Bertz CT molecular complexity index is 870. The zero-order chi connectivity index (χ0) is 20.4. The number of anilines is 1. The second-order valence-corrected chi connectivity index (χ2v) is 6.53. The quantitative estimate of drug-likeness (QED) is 0.345. The highest BCUT2D eigenvalue weighted by atomic mass is 35.5. The predicted molar refractivity (Wildman–Crippen MR) is 112 cm³/mol. The molecule has 1 amide bonds. The predicted octanol–water partition coefficient (Wildman–Crippen LogP) is 5.46. The number of nitriles is 1. The van der Waals surface area contributed by atoms with Crippen LogP contribution in [0.2, 0.25) is 5.02 Å². The number of rotatable bonds is 9. The molecule has 28 heavy (non-hydrogen) atoms. The van der Waals surface area contributed by atoms with E-state index in [1.807, 2.05) is 6.07 Å². The third-order valence-corrected chi connectivity index (χ3v) is 4.22. The zero-order valence-corrected chi connectivity index (χ0v) is 16.8. The molecular formula is C22H23ClN2O3. The summed E-state index contributed by atoms with van der Waals surface area (Å²) in [5.74, 6) is 0.698. The molecule has 2 aromatic rings. The van der Waals surface area contributed by atoms with Crippen LogP contribution in [0.3, 0.4) is 0 Å². The Labute approximate surface area is 170 Å². The summed E-state index contributed by atoms with van der Waals surface area (Å²) in [6, 6.07) is 13.9. The number of halogens is 1. The number of carbonyl (C=O) groups excluding carboxylic acids is 1. The van der Waals surface area contributed by atoms with Gasteiger partial charge in [0.25, 0.3) is 5.91 Å². The molecule has 0 aliphatic carbocycles. The van der Waals surface area contributed by atoms with Crippen LogP contribution < -0.4 is 14.8 Å². The van der Waals surface area contributed by atoms with Crippen LogP contribution in [-0.2, 0) is 4.79 Å². The number of unbranched alkanes of at least 4 members (excludes halogenated alkanes) is 2. The number of nitrogens with zero attached hydrogens (tertiary/aromatic N) is 1. The molecule has 0 unspecified atom stereocenters. The smallest absolute Gasteiger partial charge is 0.266 e. The van der Waals surface area contributed by atoms with Crippen LogP contribution in [0.1, 0.15) is 31.7 Å². The van der Waals surface area contributed by atoms with Gasteiger partial charge >= 0.3 is 0 Å². The first kappa shape index (κ1) is 21.3. The summed E-state index contributed by atoms with van der Waals surface area (Å²) in [6.45, 7) is 2.75. The van der Waals surface area contributed by atoms with Gasteiger partial charge in [0.2, 0.25) is 0 Å². The van der Waals surface area contributed by atoms with E-state index in [1.165, 1.54) is 6.08 Å². The van der Waals surface area contributed by atoms with Gasteiger partial charge in [-0.25, -0.2) is 0 Å². The third kappa shape index (κ3) is 6.33. The minimum absolute atomic E-state index is 0.0198. The van der Waals surface area contributed by atoms with Crippen molar-refractivity contribution in [2.75, 3.05) is 19.0 Å². The summed E-state index contributed by atoms with van der Waals surface area (Å²) >= 11 is 5.84. The fourth-order valence-corrected chi connectivity index (χ4v) is 2.60. The van der Waals surface area contributed by atoms with E-state index >= 15 is 0 Å². The van der Waals surface area contributed by atoms with Crippen molar-refractivity contribution in [2.45, 2.75) is 26.2 Å². The molecule has 1 N–H and O–H groups in total. The van der Waals surface area contributed by atoms with Crippen molar-refractivity contribution in [3.63, 3.8) is 0 Å². The van der Waals surface area contributed by atoms with Crippen LogP contribution >= 0.6 is 11.6 Å². The summed E-state index contributed by atoms with van der Waals surface area (Å²) < 4.78 is 11.1. The first-order chi connectivity index (χ1) is 13.6. The number of benzene rings is 2. The zero-order valence-electron chi connectivity index (χ0n) is 16.0. The number of nitrogens with one attached hydrogen (secondary N) is 1. The first-order valence-corrected chi connectivity index (χ1v) is 9.44. The van der Waals surface area contributed by atoms with Crippen molar-refractivity contribution in [3.8, 4) is 17.6 Å². The Balaban J connectivity index is 2.13. The summed E-state index contributed by atoms with van der Waals surface area (Å²) in [5.41, 5.74) is 1.21. The molecule has 0 saturated carbocycles. The van der Waals surface area contributed by atoms with Gasteiger partial charge in [-0.3, -0.25) is 4.79 Å². The summed E-state index contributed by atoms with van der Waals surface area (Å²) in [6.07, 6.45) is 4.72. The number of carbonyl (C=O) groups is 1. The molecule has 0 bridgehead atoms. The average molecular weight is 399 g/mol. The molecule has 0 saturated heterocycles. The number of methoxy groups -OCH3 is 1. The number of amides is 1. The molecule has 0 aliphatic rings. The SMILES string of the molecule is CCCCCOc1ccc(/C=C(/C#N)C(=O)Nc2ccc(Cl)cc2)cc1OC. The van der Waals surface area contributed by atoms with Crippen molar-refractivity contribution in [1.82, 2.24) is 0 Å². The molecule has 0 aliphatic heterocycles. The number of ether oxygens (including phenoxy) is 2. The molecule has 0 radical (unpaired) electrons. The molecule has 5 nitrogen and oxygen atoms in total. The molecule has 0 atom stereocenters. The lowest BCUT2D eigenvalue weighted by Crippen LogP contribution is -2.13. The van der Waals surface area contributed by atoms with Gasteiger partial charge in [-0.05, 0) is 54.5 Å². The van der Waals surface area contributed by atoms with Crippen LogP contribution in [0, 0.1) is 11.3 Å². The number of hydrogen-bond acceptors (Lipinski definition) is 4. The highest BCUT2D eigenvalue weighted by Crippen LogP contribution is 2.29. The molecule has 146 valence electrons. The Morgan fingerprint density at radius 3 is 2.57 bits per heavy atom. The molecule has 2 rings (SSSR count). The molecule has 0 fully saturated rings. The van der Waals surface area contributed by atoms with E-state index in [0.29, 0.717) is 34.4 Å². The van der Waals surface area contributed by atoms with Crippen molar-refractivity contribution in [2.24, 2.45) is 0 Å². The van der Waals surface area contributed by atoms with Gasteiger partial charge in [-0.1, -0.05) is 37.4 Å². The van der Waals surface area contributed by atoms with Gasteiger partial charge in [0.15, 0.2) is 11.5 Å². The van der Waals surface area contributed by atoms with Crippen molar-refractivity contribution >= 4 is 29.3 Å². The lowest BCUT2D eigenvalue weighted by atomic mass is 10.1. The van der Waals surface area contributed by atoms with E-state index in [0.717, 1.165) is 19.3 Å². The number of hydrogen-bond donors (Lipinski definition) is 1. The monoisotopic (exact) mass is 398 g/mol. The van der Waals surface area contributed by atoms with E-state index in [2.05, 4.69) is 12.2 Å². The molecule has 0 aromatic heterocycles. The Morgan fingerprint density at radius 1 is 1.18 bits per heavy atom. The third-order valence-electron chi connectivity index (χ3n) is 3.97. The van der Waals surface area contributed by atoms with Gasteiger partial charge < -0.3 is 14.8 Å². The highest BCUT2D eigenvalue weighted by Gasteiger charge is 2.11. The van der Waals surface area contributed by atoms with Crippen LogP contribution in [0.15, 0.2) is 48.0 Å². The summed E-state index contributed by atoms with van der Waals surface area (Å²) in [7, 11) is 1.56. The standard InChI is InChI=1S/C22H23ClN2O3/c1-3-4-5-12-28-20-11-6-16(14-21(20)27-2)13-17(15-24)22(26)25-19-9-7-18(23)8-10-19/h6-11,13-14H,3-5,12H2,1-2H3,(H,25,26)/b17-13-. The van der Waals surface area contributed by atoms with Crippen LogP contribution in [0.4, 0.5) is 5.69 Å². The van der Waals surface area contributed by atoms with Gasteiger partial charge in [-0.2, -0.15) is 5.26 Å². The maximum absolute atomic E-state index is 12.4. The average Bonchev–Trinajstić information content (AvgIpc) is 2.71. The summed E-state index contributed by atoms with van der Waals surface area (Å²) in [4.78, 5) is 12.4. The molecular weight excluding hydrogens is 376 g/mol. The highest BCUT2D eigenvalue weighted by molar-refractivity contribution is 6.30. The van der Waals surface area contributed by atoms with Crippen molar-refractivity contribution in [3.05, 3.63) is 58.6 Å². The molecule has 0 spiro atoms. The van der Waals surface area contributed by atoms with E-state index < -0.39 is 5.91 Å². The Kier molecular flexibility index (Phi) is 8.38. The molecule has 0 heterocycles. The van der Waals surface area contributed by atoms with Crippen LogP contribution in [0.25, 0.3) is 6.08 Å². The minimum atomic E-state index is -0.497. The summed E-state index contributed by atoms with van der Waals surface area (Å²) in [5, 5.41) is 12.6. The largest absolute Gasteiger partial charge is 0.493 e. The van der Waals surface area contributed by atoms with Gasteiger partial charge in [0, 0.05) is 10.7 Å². The maximum atomic E-state index is 12.4. The van der Waals surface area contributed by atoms with E-state index in [9.17, 15) is 10.1 Å².